The highest BCUT2D eigenvalue weighted by Crippen LogP contribution is 1.92. The van der Waals surface area contributed by atoms with Crippen LogP contribution in [0.1, 0.15) is 19.8 Å². The quantitative estimate of drug-likeness (QED) is 0.618. The summed E-state index contributed by atoms with van der Waals surface area (Å²) in [5, 5.41) is 2.53. The number of carbonyl (C=O) groups is 2. The van der Waals surface area contributed by atoms with Gasteiger partial charge in [0.05, 0.1) is 6.54 Å². The number of nitrogens with two attached hydrogens (primary N) is 1. The van der Waals surface area contributed by atoms with E-state index in [1.807, 2.05) is 6.92 Å². The van der Waals surface area contributed by atoms with Gasteiger partial charge in [0.1, 0.15) is 0 Å². The minimum absolute atomic E-state index is 0.0188. The summed E-state index contributed by atoms with van der Waals surface area (Å²) in [6.45, 7) is 1.91. The van der Waals surface area contributed by atoms with Crippen LogP contribution in [0.3, 0.4) is 0 Å². The summed E-state index contributed by atoms with van der Waals surface area (Å²) in [6, 6.07) is 0.0188. The number of nitrogens with one attached hydrogen (secondary N) is 1. The van der Waals surface area contributed by atoms with E-state index in [2.05, 4.69) is 5.32 Å². The molecule has 0 rings (SSSR count). The van der Waals surface area contributed by atoms with Gasteiger partial charge in [-0.3, -0.25) is 9.59 Å². The average molecular weight is 201 g/mol. The van der Waals surface area contributed by atoms with Gasteiger partial charge in [-0.15, -0.1) is 0 Å². The molecule has 0 aromatic rings. The van der Waals surface area contributed by atoms with Gasteiger partial charge in [0.15, 0.2) is 0 Å². The molecule has 0 aliphatic rings. The van der Waals surface area contributed by atoms with Crippen LogP contribution in [0, 0.1) is 0 Å². The molecule has 5 heteroatoms. The molecule has 0 saturated carbocycles. The summed E-state index contributed by atoms with van der Waals surface area (Å²) in [4.78, 5) is 23.6. The maximum absolute atomic E-state index is 11.1. The van der Waals surface area contributed by atoms with E-state index in [9.17, 15) is 9.59 Å². The number of hydrogen-bond donors (Lipinski definition) is 2. The average Bonchev–Trinajstić information content (AvgIpc) is 2.10. The van der Waals surface area contributed by atoms with E-state index >= 15 is 0 Å². The Bertz CT molecular complexity index is 202. The Morgan fingerprint density at radius 1 is 1.43 bits per heavy atom. The van der Waals surface area contributed by atoms with E-state index < -0.39 is 0 Å². The second kappa shape index (κ2) is 6.37. The standard InChI is InChI=1S/C9H19N3O2/c1-7(10)4-5-8(13)11-6-9(14)12(2)3/h7H,4-6,10H2,1-3H3,(H,11,13). The van der Waals surface area contributed by atoms with Crippen LogP contribution in [0.4, 0.5) is 0 Å². The van der Waals surface area contributed by atoms with Crippen LogP contribution in [-0.2, 0) is 9.59 Å². The highest BCUT2D eigenvalue weighted by molar-refractivity contribution is 5.84. The summed E-state index contributed by atoms with van der Waals surface area (Å²) < 4.78 is 0. The fraction of sp³-hybridized carbons (Fsp3) is 0.778. The van der Waals surface area contributed by atoms with Gasteiger partial charge in [-0.1, -0.05) is 0 Å². The molecule has 0 aliphatic carbocycles. The third-order valence-corrected chi connectivity index (χ3v) is 1.76. The normalized spacial score (nSPS) is 12.0. The third-order valence-electron chi connectivity index (χ3n) is 1.76. The van der Waals surface area contributed by atoms with Crippen molar-refractivity contribution in [3.8, 4) is 0 Å². The lowest BCUT2D eigenvalue weighted by Gasteiger charge is -2.11. The van der Waals surface area contributed by atoms with E-state index in [4.69, 9.17) is 5.73 Å². The zero-order chi connectivity index (χ0) is 11.1. The first-order valence-electron chi connectivity index (χ1n) is 4.66. The van der Waals surface area contributed by atoms with Crippen LogP contribution in [0.25, 0.3) is 0 Å². The van der Waals surface area contributed by atoms with Crippen molar-refractivity contribution in [2.45, 2.75) is 25.8 Å². The molecule has 3 N–H and O–H groups in total. The van der Waals surface area contributed by atoms with E-state index in [0.717, 1.165) is 0 Å². The van der Waals surface area contributed by atoms with Crippen LogP contribution < -0.4 is 11.1 Å². The second-order valence-corrected chi connectivity index (χ2v) is 3.58. The topological polar surface area (TPSA) is 75.4 Å². The van der Waals surface area contributed by atoms with Crippen molar-refractivity contribution >= 4 is 11.8 Å². The van der Waals surface area contributed by atoms with Crippen LogP contribution >= 0.6 is 0 Å². The summed E-state index contributed by atoms with van der Waals surface area (Å²) >= 11 is 0. The molecule has 2 amide bonds. The Kier molecular flexibility index (Phi) is 5.87. The zero-order valence-corrected chi connectivity index (χ0v) is 9.04. The Hall–Kier alpha value is -1.10. The van der Waals surface area contributed by atoms with Crippen molar-refractivity contribution < 1.29 is 9.59 Å². The first-order valence-corrected chi connectivity index (χ1v) is 4.66. The number of carbonyl (C=O) groups excluding carboxylic acids is 2. The van der Waals surface area contributed by atoms with Gasteiger partial charge < -0.3 is 16.0 Å². The Balaban J connectivity index is 3.59. The number of hydrogen-bond acceptors (Lipinski definition) is 3. The van der Waals surface area contributed by atoms with Crippen molar-refractivity contribution in [3.63, 3.8) is 0 Å². The Morgan fingerprint density at radius 2 is 2.00 bits per heavy atom. The van der Waals surface area contributed by atoms with Gasteiger partial charge >= 0.3 is 0 Å². The molecule has 0 heterocycles. The molecule has 82 valence electrons. The minimum Gasteiger partial charge on any atom is -0.347 e. The largest absolute Gasteiger partial charge is 0.347 e. The Labute approximate surface area is 84.6 Å². The van der Waals surface area contributed by atoms with Gasteiger partial charge in [0.2, 0.25) is 11.8 Å². The van der Waals surface area contributed by atoms with Crippen molar-refractivity contribution in [2.24, 2.45) is 5.73 Å². The third kappa shape index (κ3) is 6.42. The van der Waals surface area contributed by atoms with Crippen molar-refractivity contribution in [3.05, 3.63) is 0 Å². The number of rotatable bonds is 5. The molecule has 14 heavy (non-hydrogen) atoms. The molecule has 0 aliphatic heterocycles. The smallest absolute Gasteiger partial charge is 0.241 e. The zero-order valence-electron chi connectivity index (χ0n) is 9.04. The molecule has 0 spiro atoms. The highest BCUT2D eigenvalue weighted by atomic mass is 16.2. The lowest BCUT2D eigenvalue weighted by Crippen LogP contribution is -2.36. The van der Waals surface area contributed by atoms with Gasteiger partial charge in [0, 0.05) is 26.6 Å². The van der Waals surface area contributed by atoms with E-state index in [-0.39, 0.29) is 24.4 Å². The fourth-order valence-corrected chi connectivity index (χ4v) is 0.779. The summed E-state index contributed by atoms with van der Waals surface area (Å²) in [5.74, 6) is -0.239. The van der Waals surface area contributed by atoms with Crippen molar-refractivity contribution in [1.29, 1.82) is 0 Å². The van der Waals surface area contributed by atoms with Crippen LogP contribution in [0.15, 0.2) is 0 Å². The molecule has 1 unspecified atom stereocenters. The highest BCUT2D eigenvalue weighted by Gasteiger charge is 2.07. The summed E-state index contributed by atoms with van der Waals surface area (Å²) in [6.07, 6.45) is 1.01. The van der Waals surface area contributed by atoms with Crippen molar-refractivity contribution in [2.75, 3.05) is 20.6 Å². The molecule has 0 fully saturated rings. The predicted octanol–water partition coefficient (Wildman–Crippen LogP) is -0.682. The molecule has 0 aromatic carbocycles. The SMILES string of the molecule is CC(N)CCC(=O)NCC(=O)N(C)C. The molecule has 0 aromatic heterocycles. The minimum atomic E-state index is -0.127. The van der Waals surface area contributed by atoms with Crippen LogP contribution in [0.5, 0.6) is 0 Å². The van der Waals surface area contributed by atoms with Gasteiger partial charge in [0.25, 0.3) is 0 Å². The van der Waals surface area contributed by atoms with E-state index in [1.165, 1.54) is 4.90 Å². The maximum atomic E-state index is 11.1. The first-order chi connectivity index (χ1) is 6.43. The van der Waals surface area contributed by atoms with E-state index in [0.29, 0.717) is 12.8 Å². The fourth-order valence-electron chi connectivity index (χ4n) is 0.779. The summed E-state index contributed by atoms with van der Waals surface area (Å²) in [5.41, 5.74) is 5.49. The van der Waals surface area contributed by atoms with Gasteiger partial charge in [-0.2, -0.15) is 0 Å². The molecular formula is C9H19N3O2. The lowest BCUT2D eigenvalue weighted by atomic mass is 10.2. The monoisotopic (exact) mass is 201 g/mol. The number of amides is 2. The Morgan fingerprint density at radius 3 is 2.43 bits per heavy atom. The molecule has 5 nitrogen and oxygen atoms in total. The number of nitrogens with zero attached hydrogens (tertiary/aromatic N) is 1. The van der Waals surface area contributed by atoms with E-state index in [1.54, 1.807) is 14.1 Å². The van der Waals surface area contributed by atoms with Crippen LogP contribution in [-0.4, -0.2) is 43.4 Å². The number of likely N-dealkylation sites (N-methyl/N-ethyl adjacent to an activating group) is 1. The lowest BCUT2D eigenvalue weighted by molar-refractivity contribution is -0.130. The molecule has 1 atom stereocenters. The predicted molar refractivity (Wildman–Crippen MR) is 54.6 cm³/mol. The van der Waals surface area contributed by atoms with Gasteiger partial charge in [-0.25, -0.2) is 0 Å². The molecular weight excluding hydrogens is 182 g/mol. The first kappa shape index (κ1) is 12.9. The van der Waals surface area contributed by atoms with Gasteiger partial charge in [-0.05, 0) is 13.3 Å². The molecule has 0 radical (unpaired) electrons. The summed E-state index contributed by atoms with van der Waals surface area (Å²) in [7, 11) is 3.30. The van der Waals surface area contributed by atoms with Crippen molar-refractivity contribution in [1.82, 2.24) is 10.2 Å². The molecule has 0 bridgehead atoms. The molecule has 0 saturated heterocycles. The van der Waals surface area contributed by atoms with Crippen LogP contribution in [0.2, 0.25) is 0 Å². The maximum Gasteiger partial charge on any atom is 0.241 e. The second-order valence-electron chi connectivity index (χ2n) is 3.58.